The molecule has 158 valence electrons. The molecule has 0 fully saturated rings. The average Bonchev–Trinajstić information content (AvgIpc) is 3.20. The number of amidine groups is 1. The first kappa shape index (κ1) is 20.5. The van der Waals surface area contributed by atoms with Gasteiger partial charge in [0.1, 0.15) is 28.2 Å². The van der Waals surface area contributed by atoms with E-state index in [0.29, 0.717) is 16.8 Å². The fourth-order valence-electron chi connectivity index (χ4n) is 3.09. The molecule has 1 aromatic heterocycles. The minimum Gasteiger partial charge on any atom is -0.383 e. The van der Waals surface area contributed by atoms with Crippen molar-refractivity contribution in [3.8, 4) is 11.1 Å². The number of amides is 1. The molecule has 0 radical (unpaired) electrons. The van der Waals surface area contributed by atoms with Crippen molar-refractivity contribution in [1.29, 1.82) is 0 Å². The zero-order valence-electron chi connectivity index (χ0n) is 16.1. The number of nitrogens with two attached hydrogens (primary N) is 1. The van der Waals surface area contributed by atoms with Crippen LogP contribution in [0, 0.1) is 11.6 Å². The molecule has 0 spiro atoms. The largest absolute Gasteiger partial charge is 0.383 e. The second kappa shape index (κ2) is 8.17. The predicted molar refractivity (Wildman–Crippen MR) is 115 cm³/mol. The molecule has 0 atom stereocenters. The zero-order valence-corrected chi connectivity index (χ0v) is 16.8. The Morgan fingerprint density at radius 2 is 1.94 bits per heavy atom. The number of halogens is 3. The van der Waals surface area contributed by atoms with E-state index in [4.69, 9.17) is 17.3 Å². The van der Waals surface area contributed by atoms with Gasteiger partial charge in [-0.05, 0) is 35.9 Å². The molecule has 0 aliphatic carbocycles. The summed E-state index contributed by atoms with van der Waals surface area (Å²) in [4.78, 5) is 15.5. The first-order valence-corrected chi connectivity index (χ1v) is 9.39. The quantitative estimate of drug-likeness (QED) is 0.460. The van der Waals surface area contributed by atoms with Crippen molar-refractivity contribution in [2.75, 3.05) is 16.1 Å². The van der Waals surface area contributed by atoms with E-state index in [1.54, 1.807) is 30.5 Å². The Morgan fingerprint density at radius 1 is 1.16 bits per heavy atom. The Kier molecular flexibility index (Phi) is 5.40. The highest BCUT2D eigenvalue weighted by atomic mass is 35.5. The summed E-state index contributed by atoms with van der Waals surface area (Å²) in [6.45, 7) is 1.42. The highest BCUT2D eigenvalue weighted by Gasteiger charge is 2.29. The van der Waals surface area contributed by atoms with Gasteiger partial charge in [0.2, 0.25) is 5.91 Å². The van der Waals surface area contributed by atoms with Gasteiger partial charge in [-0.3, -0.25) is 4.79 Å². The lowest BCUT2D eigenvalue weighted by Gasteiger charge is -2.21. The van der Waals surface area contributed by atoms with Gasteiger partial charge in [-0.2, -0.15) is 0 Å². The molecule has 0 saturated heterocycles. The molecule has 0 saturated carbocycles. The van der Waals surface area contributed by atoms with Crippen molar-refractivity contribution in [1.82, 2.24) is 16.1 Å². The Labute approximate surface area is 180 Å². The number of nitrogens with zero attached hydrogens (tertiary/aromatic N) is 3. The standard InChI is InChI=1S/C20H16ClF2N7O/c1-10(31)26-13-4-2-3-11(7-13)12-8-14(19(24)25-9-12)20-27-28-29-30(20)18-16(23)6-5-15(22)17(18)21/h2-9,28-29H,1H3,(H2,24,25)(H,26,31). The summed E-state index contributed by atoms with van der Waals surface area (Å²) in [6, 6.07) is 10.7. The Balaban J connectivity index is 1.76. The second-order valence-electron chi connectivity index (χ2n) is 6.61. The van der Waals surface area contributed by atoms with Gasteiger partial charge in [-0.1, -0.05) is 23.7 Å². The van der Waals surface area contributed by atoms with Crippen LogP contribution in [-0.2, 0) is 4.79 Å². The fraction of sp³-hybridized carbons (Fsp3) is 0.0500. The average molecular weight is 444 g/mol. The molecule has 5 N–H and O–H groups in total. The maximum Gasteiger partial charge on any atom is 0.221 e. The zero-order chi connectivity index (χ0) is 22.1. The number of hydrazone groups is 1. The second-order valence-corrected chi connectivity index (χ2v) is 6.98. The van der Waals surface area contributed by atoms with E-state index in [1.807, 2.05) is 6.07 Å². The van der Waals surface area contributed by atoms with E-state index in [0.717, 1.165) is 22.7 Å². The Bertz CT molecular complexity index is 1220. The highest BCUT2D eigenvalue weighted by Crippen LogP contribution is 2.33. The van der Waals surface area contributed by atoms with Crippen LogP contribution in [0.1, 0.15) is 12.5 Å². The topological polar surface area (TPSA) is 108 Å². The number of aromatic nitrogens is 1. The molecule has 1 aliphatic rings. The predicted octanol–water partition coefficient (Wildman–Crippen LogP) is 3.41. The van der Waals surface area contributed by atoms with E-state index < -0.39 is 16.7 Å². The van der Waals surface area contributed by atoms with Crippen LogP contribution in [-0.4, -0.2) is 16.7 Å². The van der Waals surface area contributed by atoms with Crippen molar-refractivity contribution in [3.05, 3.63) is 70.9 Å². The summed E-state index contributed by atoms with van der Waals surface area (Å²) in [5, 5.41) is 7.52. The van der Waals surface area contributed by atoms with Gasteiger partial charge in [0.05, 0.1) is 5.56 Å². The van der Waals surface area contributed by atoms with Crippen molar-refractivity contribution < 1.29 is 13.6 Å². The van der Waals surface area contributed by atoms with E-state index in [9.17, 15) is 13.6 Å². The third-order valence-electron chi connectivity index (χ3n) is 4.45. The van der Waals surface area contributed by atoms with Gasteiger partial charge in [-0.15, -0.1) is 10.6 Å². The molecular formula is C20H16ClF2N7O. The number of nitrogen functional groups attached to an aromatic ring is 1. The van der Waals surface area contributed by atoms with Crippen molar-refractivity contribution in [2.45, 2.75) is 6.92 Å². The van der Waals surface area contributed by atoms with Crippen LogP contribution < -0.4 is 27.1 Å². The third kappa shape index (κ3) is 3.98. The number of hydrogen-bond donors (Lipinski definition) is 4. The summed E-state index contributed by atoms with van der Waals surface area (Å²) < 4.78 is 28.4. The van der Waals surface area contributed by atoms with Crippen LogP contribution in [0.2, 0.25) is 5.02 Å². The summed E-state index contributed by atoms with van der Waals surface area (Å²) in [7, 11) is 0. The van der Waals surface area contributed by atoms with Crippen molar-refractivity contribution in [3.63, 3.8) is 0 Å². The molecule has 1 amide bonds. The van der Waals surface area contributed by atoms with Crippen molar-refractivity contribution >= 4 is 40.5 Å². The van der Waals surface area contributed by atoms with E-state index >= 15 is 0 Å². The summed E-state index contributed by atoms with van der Waals surface area (Å²) in [6.07, 6.45) is 1.56. The first-order valence-electron chi connectivity index (χ1n) is 9.01. The van der Waals surface area contributed by atoms with Crippen LogP contribution in [0.25, 0.3) is 11.1 Å². The van der Waals surface area contributed by atoms with Gasteiger partial charge >= 0.3 is 0 Å². The number of nitrogens with one attached hydrogen (secondary N) is 3. The van der Waals surface area contributed by atoms with Crippen LogP contribution in [0.5, 0.6) is 0 Å². The van der Waals surface area contributed by atoms with E-state index in [2.05, 4.69) is 26.5 Å². The summed E-state index contributed by atoms with van der Waals surface area (Å²) >= 11 is 6.00. The van der Waals surface area contributed by atoms with Gasteiger partial charge in [0.25, 0.3) is 0 Å². The summed E-state index contributed by atoms with van der Waals surface area (Å²) in [5.41, 5.74) is 13.3. The molecular weight excluding hydrogens is 428 g/mol. The number of carbonyl (C=O) groups is 1. The van der Waals surface area contributed by atoms with Crippen molar-refractivity contribution in [2.24, 2.45) is 5.10 Å². The Morgan fingerprint density at radius 3 is 2.71 bits per heavy atom. The number of hydrogen-bond acceptors (Lipinski definition) is 7. The lowest BCUT2D eigenvalue weighted by atomic mass is 10.0. The molecule has 2 heterocycles. The van der Waals surface area contributed by atoms with Gasteiger partial charge in [-0.25, -0.2) is 24.3 Å². The SMILES string of the molecule is CC(=O)Nc1cccc(-c2cnc(N)c(C3=NNNN3c3c(F)ccc(F)c3Cl)c2)c1. The Hall–Kier alpha value is -3.76. The minimum absolute atomic E-state index is 0.115. The lowest BCUT2D eigenvalue weighted by molar-refractivity contribution is -0.114. The molecule has 3 aromatic rings. The molecule has 1 aliphatic heterocycles. The smallest absolute Gasteiger partial charge is 0.221 e. The van der Waals surface area contributed by atoms with E-state index in [1.165, 1.54) is 6.92 Å². The van der Waals surface area contributed by atoms with Crippen LogP contribution in [0.3, 0.4) is 0 Å². The fourth-order valence-corrected chi connectivity index (χ4v) is 3.32. The van der Waals surface area contributed by atoms with Gasteiger partial charge < -0.3 is 11.1 Å². The molecule has 11 heteroatoms. The molecule has 0 unspecified atom stereocenters. The number of hydrazine groups is 2. The number of anilines is 3. The molecule has 8 nitrogen and oxygen atoms in total. The van der Waals surface area contributed by atoms with E-state index in [-0.39, 0.29) is 23.2 Å². The molecule has 0 bridgehead atoms. The maximum atomic E-state index is 14.5. The number of carbonyl (C=O) groups excluding carboxylic acids is 1. The van der Waals surface area contributed by atoms with Gasteiger partial charge in [0, 0.05) is 24.4 Å². The van der Waals surface area contributed by atoms with Crippen LogP contribution in [0.4, 0.5) is 26.0 Å². The lowest BCUT2D eigenvalue weighted by Crippen LogP contribution is -2.42. The number of pyridine rings is 1. The number of benzene rings is 2. The molecule has 2 aromatic carbocycles. The van der Waals surface area contributed by atoms with Crippen LogP contribution in [0.15, 0.2) is 53.8 Å². The third-order valence-corrected chi connectivity index (χ3v) is 4.81. The number of rotatable bonds is 4. The summed E-state index contributed by atoms with van der Waals surface area (Å²) in [5.74, 6) is -1.50. The monoisotopic (exact) mass is 443 g/mol. The first-order chi connectivity index (χ1) is 14.8. The normalized spacial score (nSPS) is 13.0. The minimum atomic E-state index is -0.791. The van der Waals surface area contributed by atoms with Crippen LogP contribution >= 0.6 is 11.6 Å². The van der Waals surface area contributed by atoms with Gasteiger partial charge in [0.15, 0.2) is 5.84 Å². The highest BCUT2D eigenvalue weighted by molar-refractivity contribution is 6.34. The molecule has 31 heavy (non-hydrogen) atoms. The molecule has 4 rings (SSSR count). The maximum absolute atomic E-state index is 14.5.